The van der Waals surface area contributed by atoms with Gasteiger partial charge in [0, 0.05) is 31.9 Å². The van der Waals surface area contributed by atoms with Gasteiger partial charge in [0.2, 0.25) is 10.0 Å². The van der Waals surface area contributed by atoms with Crippen LogP contribution in [0.15, 0.2) is 65.6 Å². The van der Waals surface area contributed by atoms with Gasteiger partial charge in [0.1, 0.15) is 5.75 Å². The second-order valence-electron chi connectivity index (χ2n) is 7.52. The first kappa shape index (κ1) is 22.0. The van der Waals surface area contributed by atoms with E-state index in [0.29, 0.717) is 31.1 Å². The number of nitrogens with zero attached hydrogens (tertiary/aromatic N) is 4. The van der Waals surface area contributed by atoms with Crippen molar-refractivity contribution in [3.05, 3.63) is 72.1 Å². The summed E-state index contributed by atoms with van der Waals surface area (Å²) in [5, 5.41) is 4.48. The van der Waals surface area contributed by atoms with E-state index >= 15 is 0 Å². The molecule has 0 N–H and O–H groups in total. The van der Waals surface area contributed by atoms with E-state index in [1.807, 2.05) is 44.2 Å². The Balaban J connectivity index is 1.43. The van der Waals surface area contributed by atoms with Crippen LogP contribution in [-0.4, -0.2) is 66.1 Å². The monoisotopic (exact) mass is 454 g/mol. The van der Waals surface area contributed by atoms with Gasteiger partial charge in [0.25, 0.3) is 5.91 Å². The van der Waals surface area contributed by atoms with Crippen LogP contribution in [0.5, 0.6) is 5.75 Å². The highest BCUT2D eigenvalue weighted by atomic mass is 32.2. The molecule has 8 nitrogen and oxygen atoms in total. The third kappa shape index (κ3) is 4.39. The van der Waals surface area contributed by atoms with Gasteiger partial charge in [-0.3, -0.25) is 4.79 Å². The molecule has 3 aromatic rings. The van der Waals surface area contributed by atoms with Crippen LogP contribution in [0.4, 0.5) is 0 Å². The number of amides is 1. The number of aromatic nitrogens is 2. The Morgan fingerprint density at radius 1 is 1.00 bits per heavy atom. The maximum absolute atomic E-state index is 13.0. The summed E-state index contributed by atoms with van der Waals surface area (Å²) in [4.78, 5) is 14.9. The maximum Gasteiger partial charge on any atom is 0.274 e. The number of benzene rings is 2. The van der Waals surface area contributed by atoms with Crippen LogP contribution in [0.2, 0.25) is 0 Å². The number of ether oxygens (including phenoxy) is 1. The Labute approximate surface area is 188 Å². The zero-order valence-electron chi connectivity index (χ0n) is 18.1. The summed E-state index contributed by atoms with van der Waals surface area (Å²) < 4.78 is 34.5. The van der Waals surface area contributed by atoms with E-state index in [1.165, 1.54) is 4.31 Å². The molecule has 1 saturated heterocycles. The zero-order chi connectivity index (χ0) is 22.7. The Kier molecular flexibility index (Phi) is 6.29. The van der Waals surface area contributed by atoms with Crippen LogP contribution in [0.1, 0.15) is 23.1 Å². The van der Waals surface area contributed by atoms with Gasteiger partial charge < -0.3 is 9.64 Å². The zero-order valence-corrected chi connectivity index (χ0v) is 19.0. The number of aryl methyl sites for hydroxylation is 1. The van der Waals surface area contributed by atoms with Gasteiger partial charge >= 0.3 is 0 Å². The van der Waals surface area contributed by atoms with Gasteiger partial charge in [-0.2, -0.15) is 9.40 Å². The van der Waals surface area contributed by atoms with Crippen molar-refractivity contribution in [2.24, 2.45) is 0 Å². The highest BCUT2D eigenvalue weighted by Crippen LogP contribution is 2.22. The van der Waals surface area contributed by atoms with Crippen LogP contribution < -0.4 is 4.74 Å². The van der Waals surface area contributed by atoms with E-state index in [-0.39, 0.29) is 23.9 Å². The van der Waals surface area contributed by atoms with E-state index in [2.05, 4.69) is 5.10 Å². The molecule has 0 spiro atoms. The summed E-state index contributed by atoms with van der Waals surface area (Å²) >= 11 is 0. The molecular formula is C23H26N4O4S. The number of hydrogen-bond acceptors (Lipinski definition) is 5. The summed E-state index contributed by atoms with van der Waals surface area (Å²) in [7, 11) is -3.63. The lowest BCUT2D eigenvalue weighted by Crippen LogP contribution is -2.50. The highest BCUT2D eigenvalue weighted by molar-refractivity contribution is 7.89. The quantitative estimate of drug-likeness (QED) is 0.572. The van der Waals surface area contributed by atoms with Crippen molar-refractivity contribution in [1.82, 2.24) is 19.0 Å². The molecule has 168 valence electrons. The Bertz CT molecular complexity index is 1180. The van der Waals surface area contributed by atoms with Crippen molar-refractivity contribution < 1.29 is 17.9 Å². The fourth-order valence-corrected chi connectivity index (χ4v) is 5.15. The third-order valence-electron chi connectivity index (χ3n) is 5.41. The van der Waals surface area contributed by atoms with Crippen LogP contribution in [0, 0.1) is 6.92 Å². The van der Waals surface area contributed by atoms with Gasteiger partial charge in [0.15, 0.2) is 5.69 Å². The number of piperazine rings is 1. The third-order valence-corrected chi connectivity index (χ3v) is 7.32. The molecule has 1 fully saturated rings. The first-order chi connectivity index (χ1) is 15.4. The van der Waals surface area contributed by atoms with Gasteiger partial charge in [-0.25, -0.2) is 13.1 Å². The summed E-state index contributed by atoms with van der Waals surface area (Å²) in [6.07, 6.45) is 0. The fourth-order valence-electron chi connectivity index (χ4n) is 3.73. The van der Waals surface area contributed by atoms with Crippen LogP contribution in [-0.2, 0) is 10.0 Å². The number of para-hydroxylation sites is 1. The van der Waals surface area contributed by atoms with Crippen LogP contribution in [0.3, 0.4) is 0 Å². The molecule has 9 heteroatoms. The minimum atomic E-state index is -3.63. The first-order valence-electron chi connectivity index (χ1n) is 10.5. The molecule has 1 aliphatic rings. The molecule has 2 aromatic carbocycles. The molecule has 0 aliphatic carbocycles. The molecule has 1 aromatic heterocycles. The van der Waals surface area contributed by atoms with Crippen molar-refractivity contribution in [1.29, 1.82) is 0 Å². The largest absolute Gasteiger partial charge is 0.494 e. The molecular weight excluding hydrogens is 428 g/mol. The van der Waals surface area contributed by atoms with E-state index in [1.54, 1.807) is 39.9 Å². The van der Waals surface area contributed by atoms with E-state index in [0.717, 1.165) is 11.4 Å². The number of rotatable bonds is 6. The maximum atomic E-state index is 13.0. The molecule has 0 bridgehead atoms. The summed E-state index contributed by atoms with van der Waals surface area (Å²) in [6, 6.07) is 17.8. The minimum Gasteiger partial charge on any atom is -0.494 e. The molecule has 0 radical (unpaired) electrons. The lowest BCUT2D eigenvalue weighted by atomic mass is 10.3. The van der Waals surface area contributed by atoms with Gasteiger partial charge in [-0.05, 0) is 56.3 Å². The predicted molar refractivity (Wildman–Crippen MR) is 121 cm³/mol. The predicted octanol–water partition coefficient (Wildman–Crippen LogP) is 2.73. The van der Waals surface area contributed by atoms with Crippen molar-refractivity contribution >= 4 is 15.9 Å². The molecule has 0 unspecified atom stereocenters. The van der Waals surface area contributed by atoms with Crippen molar-refractivity contribution in [2.75, 3.05) is 32.8 Å². The second kappa shape index (κ2) is 9.13. The van der Waals surface area contributed by atoms with E-state index in [4.69, 9.17) is 4.74 Å². The van der Waals surface area contributed by atoms with Crippen molar-refractivity contribution in [3.8, 4) is 11.4 Å². The first-order valence-corrected chi connectivity index (χ1v) is 12.0. The molecule has 0 saturated carbocycles. The summed E-state index contributed by atoms with van der Waals surface area (Å²) in [6.45, 7) is 5.39. The normalized spacial score (nSPS) is 15.0. The minimum absolute atomic E-state index is 0.194. The molecule has 32 heavy (non-hydrogen) atoms. The molecule has 4 rings (SSSR count). The topological polar surface area (TPSA) is 84.7 Å². The van der Waals surface area contributed by atoms with Crippen molar-refractivity contribution in [2.45, 2.75) is 18.7 Å². The smallest absolute Gasteiger partial charge is 0.274 e. The summed E-state index contributed by atoms with van der Waals surface area (Å²) in [5.41, 5.74) is 2.10. The van der Waals surface area contributed by atoms with Gasteiger partial charge in [-0.15, -0.1) is 0 Å². The average Bonchev–Trinajstić information content (AvgIpc) is 3.21. The second-order valence-corrected chi connectivity index (χ2v) is 9.46. The number of sulfonamides is 1. The fraction of sp³-hybridized carbons (Fsp3) is 0.304. The number of carbonyl (C=O) groups excluding carboxylic acids is 1. The molecule has 1 aliphatic heterocycles. The SMILES string of the molecule is CCOc1ccc(S(=O)(=O)N2CCN(C(=O)c3cc(C)n(-c4ccccc4)n3)CC2)cc1. The van der Waals surface area contributed by atoms with E-state index in [9.17, 15) is 13.2 Å². The highest BCUT2D eigenvalue weighted by Gasteiger charge is 2.31. The van der Waals surface area contributed by atoms with Crippen LogP contribution in [0.25, 0.3) is 5.69 Å². The van der Waals surface area contributed by atoms with E-state index < -0.39 is 10.0 Å². The van der Waals surface area contributed by atoms with Crippen molar-refractivity contribution in [3.63, 3.8) is 0 Å². The Hall–Kier alpha value is -3.17. The van der Waals surface area contributed by atoms with Crippen LogP contribution >= 0.6 is 0 Å². The summed E-state index contributed by atoms with van der Waals surface area (Å²) in [5.74, 6) is 0.438. The molecule has 0 atom stereocenters. The Morgan fingerprint density at radius 2 is 1.66 bits per heavy atom. The standard InChI is InChI=1S/C23H26N4O4S/c1-3-31-20-9-11-21(12-10-20)32(29,30)26-15-13-25(14-16-26)23(28)22-17-18(2)27(24-22)19-7-5-4-6-8-19/h4-12,17H,3,13-16H2,1-2H3. The lowest BCUT2D eigenvalue weighted by molar-refractivity contribution is 0.0691. The Morgan fingerprint density at radius 3 is 2.28 bits per heavy atom. The lowest BCUT2D eigenvalue weighted by Gasteiger charge is -2.33. The molecule has 1 amide bonds. The van der Waals surface area contributed by atoms with Gasteiger partial charge in [-0.1, -0.05) is 18.2 Å². The average molecular weight is 455 g/mol. The molecule has 2 heterocycles. The van der Waals surface area contributed by atoms with Gasteiger partial charge in [0.05, 0.1) is 17.2 Å². The number of carbonyl (C=O) groups is 1. The number of hydrogen-bond donors (Lipinski definition) is 0.